The van der Waals surface area contributed by atoms with E-state index in [1.54, 1.807) is 6.33 Å². The molecule has 0 saturated heterocycles. The summed E-state index contributed by atoms with van der Waals surface area (Å²) in [7, 11) is 0. The zero-order valence-electron chi connectivity index (χ0n) is 10.7. The van der Waals surface area contributed by atoms with Gasteiger partial charge in [0.25, 0.3) is 0 Å². The number of carboxylic acid groups (broad SMARTS) is 1. The molecule has 0 spiro atoms. The number of hydrogen-bond donors (Lipinski definition) is 1. The molecule has 1 aromatic carbocycles. The van der Waals surface area contributed by atoms with E-state index < -0.39 is 5.97 Å². The van der Waals surface area contributed by atoms with Gasteiger partial charge in [-0.05, 0) is 18.6 Å². The van der Waals surface area contributed by atoms with Crippen LogP contribution in [-0.2, 0) is 13.1 Å². The van der Waals surface area contributed by atoms with Crippen molar-refractivity contribution in [2.45, 2.75) is 20.0 Å². The van der Waals surface area contributed by atoms with Crippen molar-refractivity contribution in [1.82, 2.24) is 9.55 Å². The fourth-order valence-corrected chi connectivity index (χ4v) is 2.56. The largest absolute Gasteiger partial charge is 0.476 e. The normalized spacial score (nSPS) is 14.3. The average molecular weight is 257 g/mol. The first-order chi connectivity index (χ1) is 9.16. The standard InChI is InChI=1S/C14H15N3O2/c1-10-4-2-3-5-11(10)16-6-7-17-9-15-13(14(18)19)12(17)8-16/h2-5,9H,6-8H2,1H3,(H,18,19). The zero-order valence-corrected chi connectivity index (χ0v) is 10.7. The second-order valence-electron chi connectivity index (χ2n) is 4.75. The first kappa shape index (κ1) is 11.8. The van der Waals surface area contributed by atoms with Crippen LogP contribution in [0, 0.1) is 6.92 Å². The van der Waals surface area contributed by atoms with E-state index in [-0.39, 0.29) is 5.69 Å². The maximum atomic E-state index is 11.1. The molecule has 98 valence electrons. The van der Waals surface area contributed by atoms with Crippen molar-refractivity contribution in [3.8, 4) is 0 Å². The monoisotopic (exact) mass is 257 g/mol. The highest BCUT2D eigenvalue weighted by Crippen LogP contribution is 2.25. The summed E-state index contributed by atoms with van der Waals surface area (Å²) < 4.78 is 1.93. The van der Waals surface area contributed by atoms with E-state index >= 15 is 0 Å². The lowest BCUT2D eigenvalue weighted by atomic mass is 10.1. The van der Waals surface area contributed by atoms with Gasteiger partial charge in [0.1, 0.15) is 0 Å². The van der Waals surface area contributed by atoms with Gasteiger partial charge in [-0.25, -0.2) is 9.78 Å². The number of carbonyl (C=O) groups is 1. The number of fused-ring (bicyclic) bond motifs is 1. The van der Waals surface area contributed by atoms with E-state index in [1.165, 1.54) is 5.56 Å². The van der Waals surface area contributed by atoms with Crippen LogP contribution < -0.4 is 4.90 Å². The lowest BCUT2D eigenvalue weighted by molar-refractivity contribution is 0.0689. The van der Waals surface area contributed by atoms with Crippen molar-refractivity contribution in [3.63, 3.8) is 0 Å². The van der Waals surface area contributed by atoms with Crippen molar-refractivity contribution in [3.05, 3.63) is 47.5 Å². The summed E-state index contributed by atoms with van der Waals surface area (Å²) in [5, 5.41) is 9.15. The van der Waals surface area contributed by atoms with Crippen molar-refractivity contribution in [2.24, 2.45) is 0 Å². The Morgan fingerprint density at radius 3 is 2.84 bits per heavy atom. The molecule has 1 aliphatic rings. The highest BCUT2D eigenvalue weighted by molar-refractivity contribution is 5.86. The number of carboxylic acids is 1. The smallest absolute Gasteiger partial charge is 0.356 e. The summed E-state index contributed by atoms with van der Waals surface area (Å²) in [5.74, 6) is -0.958. The predicted octanol–water partition coefficient (Wildman–Crippen LogP) is 1.91. The SMILES string of the molecule is Cc1ccccc1N1CCn2cnc(C(=O)O)c2C1. The van der Waals surface area contributed by atoms with Crippen LogP contribution >= 0.6 is 0 Å². The number of nitrogens with zero attached hydrogens (tertiary/aromatic N) is 3. The van der Waals surface area contributed by atoms with Gasteiger partial charge in [-0.15, -0.1) is 0 Å². The van der Waals surface area contributed by atoms with E-state index in [1.807, 2.05) is 16.7 Å². The minimum Gasteiger partial charge on any atom is -0.476 e. The van der Waals surface area contributed by atoms with Gasteiger partial charge in [-0.3, -0.25) is 0 Å². The highest BCUT2D eigenvalue weighted by atomic mass is 16.4. The number of imidazole rings is 1. The maximum Gasteiger partial charge on any atom is 0.356 e. The van der Waals surface area contributed by atoms with Gasteiger partial charge in [-0.2, -0.15) is 0 Å². The Bertz CT molecular complexity index is 633. The first-order valence-electron chi connectivity index (χ1n) is 6.24. The molecule has 2 aromatic rings. The van der Waals surface area contributed by atoms with Gasteiger partial charge in [0.05, 0.1) is 18.6 Å². The number of anilines is 1. The summed E-state index contributed by atoms with van der Waals surface area (Å²) in [6.45, 7) is 4.29. The molecular weight excluding hydrogens is 242 g/mol. The summed E-state index contributed by atoms with van der Waals surface area (Å²) in [6, 6.07) is 8.16. The molecule has 19 heavy (non-hydrogen) atoms. The Morgan fingerprint density at radius 2 is 2.11 bits per heavy atom. The van der Waals surface area contributed by atoms with Crippen LogP contribution in [0.25, 0.3) is 0 Å². The molecule has 0 unspecified atom stereocenters. The summed E-state index contributed by atoms with van der Waals surface area (Å²) in [6.07, 6.45) is 1.62. The Labute approximate surface area is 111 Å². The van der Waals surface area contributed by atoms with E-state index in [4.69, 9.17) is 5.11 Å². The molecule has 5 heteroatoms. The molecule has 1 aliphatic heterocycles. The number of para-hydroxylation sites is 1. The minimum absolute atomic E-state index is 0.165. The third kappa shape index (κ3) is 1.97. The number of aromatic nitrogens is 2. The molecule has 5 nitrogen and oxygen atoms in total. The van der Waals surface area contributed by atoms with Crippen LogP contribution in [0.3, 0.4) is 0 Å². The third-order valence-electron chi connectivity index (χ3n) is 3.56. The maximum absolute atomic E-state index is 11.1. The fourth-order valence-electron chi connectivity index (χ4n) is 2.56. The van der Waals surface area contributed by atoms with E-state index in [0.717, 1.165) is 24.5 Å². The highest BCUT2D eigenvalue weighted by Gasteiger charge is 2.24. The molecule has 0 fully saturated rings. The Morgan fingerprint density at radius 1 is 1.32 bits per heavy atom. The van der Waals surface area contributed by atoms with Crippen LogP contribution in [0.5, 0.6) is 0 Å². The van der Waals surface area contributed by atoms with Gasteiger partial charge in [0, 0.05) is 18.8 Å². The van der Waals surface area contributed by atoms with Crippen molar-refractivity contribution >= 4 is 11.7 Å². The molecule has 1 N–H and O–H groups in total. The average Bonchev–Trinajstić information content (AvgIpc) is 2.82. The van der Waals surface area contributed by atoms with Crippen molar-refractivity contribution < 1.29 is 9.90 Å². The van der Waals surface area contributed by atoms with Crippen molar-refractivity contribution in [2.75, 3.05) is 11.4 Å². The molecule has 0 amide bonds. The summed E-state index contributed by atoms with van der Waals surface area (Å²) >= 11 is 0. The molecule has 1 aromatic heterocycles. The molecule has 0 radical (unpaired) electrons. The Kier molecular flexibility index (Phi) is 2.74. The van der Waals surface area contributed by atoms with Crippen molar-refractivity contribution in [1.29, 1.82) is 0 Å². The van der Waals surface area contributed by atoms with Crippen LogP contribution in [0.15, 0.2) is 30.6 Å². The molecule has 0 saturated carbocycles. The van der Waals surface area contributed by atoms with E-state index in [0.29, 0.717) is 6.54 Å². The number of aromatic carboxylic acids is 1. The van der Waals surface area contributed by atoms with Gasteiger partial charge < -0.3 is 14.6 Å². The Hall–Kier alpha value is -2.30. The number of rotatable bonds is 2. The zero-order chi connectivity index (χ0) is 13.4. The van der Waals surface area contributed by atoms with Gasteiger partial charge in [-0.1, -0.05) is 18.2 Å². The molecular formula is C14H15N3O2. The molecule has 2 heterocycles. The van der Waals surface area contributed by atoms with Gasteiger partial charge in [0.2, 0.25) is 0 Å². The topological polar surface area (TPSA) is 58.4 Å². The number of benzene rings is 1. The lowest BCUT2D eigenvalue weighted by Crippen LogP contribution is -2.34. The van der Waals surface area contributed by atoms with Crippen LogP contribution in [0.2, 0.25) is 0 Å². The summed E-state index contributed by atoms with van der Waals surface area (Å²) in [5.41, 5.74) is 3.30. The second kappa shape index (κ2) is 4.42. The molecule has 3 rings (SSSR count). The number of hydrogen-bond acceptors (Lipinski definition) is 3. The predicted molar refractivity (Wildman–Crippen MR) is 71.4 cm³/mol. The lowest BCUT2D eigenvalue weighted by Gasteiger charge is -2.31. The number of aryl methyl sites for hydroxylation is 1. The quantitative estimate of drug-likeness (QED) is 0.892. The summed E-state index contributed by atoms with van der Waals surface area (Å²) in [4.78, 5) is 17.3. The van der Waals surface area contributed by atoms with E-state index in [9.17, 15) is 4.79 Å². The second-order valence-corrected chi connectivity index (χ2v) is 4.75. The molecule has 0 atom stereocenters. The van der Waals surface area contributed by atoms with Gasteiger partial charge in [0.15, 0.2) is 5.69 Å². The molecule has 0 bridgehead atoms. The fraction of sp³-hybridized carbons (Fsp3) is 0.286. The van der Waals surface area contributed by atoms with E-state index in [2.05, 4.69) is 28.9 Å². The Balaban J connectivity index is 1.96. The van der Waals surface area contributed by atoms with Crippen LogP contribution in [0.1, 0.15) is 21.7 Å². The third-order valence-corrected chi connectivity index (χ3v) is 3.56. The van der Waals surface area contributed by atoms with Crippen LogP contribution in [-0.4, -0.2) is 27.2 Å². The van der Waals surface area contributed by atoms with Gasteiger partial charge >= 0.3 is 5.97 Å². The minimum atomic E-state index is -0.958. The van der Waals surface area contributed by atoms with Crippen LogP contribution in [0.4, 0.5) is 5.69 Å². The first-order valence-corrected chi connectivity index (χ1v) is 6.24. The molecule has 0 aliphatic carbocycles.